The van der Waals surface area contributed by atoms with Crippen molar-refractivity contribution < 1.29 is 29.2 Å². The van der Waals surface area contributed by atoms with E-state index in [2.05, 4.69) is 0 Å². The lowest BCUT2D eigenvalue weighted by atomic mass is 10.1. The lowest BCUT2D eigenvalue weighted by Crippen LogP contribution is -2.11. The molecule has 0 radical (unpaired) electrons. The molecule has 0 unspecified atom stereocenters. The molecule has 6 nitrogen and oxygen atoms in total. The summed E-state index contributed by atoms with van der Waals surface area (Å²) < 4.78 is 22.8. The van der Waals surface area contributed by atoms with Crippen LogP contribution >= 0.6 is 0 Å². The number of aliphatic hydroxyl groups is 2. The van der Waals surface area contributed by atoms with Crippen LogP contribution in [0.5, 0.6) is 11.5 Å². The van der Waals surface area contributed by atoms with Crippen LogP contribution in [0.15, 0.2) is 72.8 Å². The van der Waals surface area contributed by atoms with Crippen LogP contribution < -0.4 is 9.47 Å². The van der Waals surface area contributed by atoms with Crippen LogP contribution in [0.3, 0.4) is 0 Å². The van der Waals surface area contributed by atoms with Crippen molar-refractivity contribution in [3.63, 3.8) is 0 Å². The van der Waals surface area contributed by atoms with Crippen molar-refractivity contribution in [1.29, 1.82) is 0 Å². The van der Waals surface area contributed by atoms with Gasteiger partial charge in [0, 0.05) is 11.1 Å². The van der Waals surface area contributed by atoms with Gasteiger partial charge in [0.05, 0.1) is 39.6 Å². The van der Waals surface area contributed by atoms with E-state index in [0.29, 0.717) is 62.3 Å². The first kappa shape index (κ1) is 23.8. The molecule has 0 aliphatic heterocycles. The van der Waals surface area contributed by atoms with E-state index in [4.69, 9.17) is 18.9 Å². The predicted molar refractivity (Wildman–Crippen MR) is 121 cm³/mol. The van der Waals surface area contributed by atoms with E-state index in [1.807, 2.05) is 60.7 Å². The maximum atomic E-state index is 9.74. The fraction of sp³-hybridized carbons (Fsp3) is 0.308. The normalized spacial score (nSPS) is 10.8. The van der Waals surface area contributed by atoms with Crippen LogP contribution in [0.25, 0.3) is 0 Å². The third-order valence-corrected chi connectivity index (χ3v) is 4.78. The summed E-state index contributed by atoms with van der Waals surface area (Å²) in [5, 5.41) is 19.5. The van der Waals surface area contributed by atoms with Gasteiger partial charge in [0.1, 0.15) is 24.7 Å². The summed E-state index contributed by atoms with van der Waals surface area (Å²) in [5.74, 6) is 1.01. The highest BCUT2D eigenvalue weighted by atomic mass is 16.5. The SMILES string of the molecule is OCc1cc(OCCOCc2ccccc2)c(CO)cc1OCCOCc1ccccc1. The number of hydrogen-bond donors (Lipinski definition) is 2. The van der Waals surface area contributed by atoms with E-state index in [9.17, 15) is 10.2 Å². The first-order chi connectivity index (χ1) is 15.8. The Morgan fingerprint density at radius 1 is 0.531 bits per heavy atom. The Morgan fingerprint density at radius 2 is 0.938 bits per heavy atom. The van der Waals surface area contributed by atoms with E-state index >= 15 is 0 Å². The summed E-state index contributed by atoms with van der Waals surface area (Å²) in [4.78, 5) is 0. The van der Waals surface area contributed by atoms with Crippen molar-refractivity contribution in [2.75, 3.05) is 26.4 Å². The van der Waals surface area contributed by atoms with Crippen molar-refractivity contribution >= 4 is 0 Å². The van der Waals surface area contributed by atoms with E-state index in [1.165, 1.54) is 0 Å². The zero-order valence-electron chi connectivity index (χ0n) is 18.1. The summed E-state index contributed by atoms with van der Waals surface area (Å²) in [5.41, 5.74) is 3.37. The zero-order chi connectivity index (χ0) is 22.4. The first-order valence-corrected chi connectivity index (χ1v) is 10.7. The van der Waals surface area contributed by atoms with E-state index in [0.717, 1.165) is 11.1 Å². The molecule has 3 aromatic rings. The monoisotopic (exact) mass is 438 g/mol. The topological polar surface area (TPSA) is 77.4 Å². The summed E-state index contributed by atoms with van der Waals surface area (Å²) in [7, 11) is 0. The van der Waals surface area contributed by atoms with Crippen LogP contribution in [0.2, 0.25) is 0 Å². The average Bonchev–Trinajstić information content (AvgIpc) is 2.85. The summed E-state index contributed by atoms with van der Waals surface area (Å²) in [6, 6.07) is 23.2. The summed E-state index contributed by atoms with van der Waals surface area (Å²) in [6.07, 6.45) is 0. The van der Waals surface area contributed by atoms with Gasteiger partial charge in [-0.15, -0.1) is 0 Å². The molecule has 0 amide bonds. The minimum Gasteiger partial charge on any atom is -0.491 e. The molecule has 6 heteroatoms. The van der Waals surface area contributed by atoms with Gasteiger partial charge >= 0.3 is 0 Å². The molecule has 0 aromatic heterocycles. The fourth-order valence-electron chi connectivity index (χ4n) is 3.11. The van der Waals surface area contributed by atoms with Crippen molar-refractivity contribution in [2.24, 2.45) is 0 Å². The van der Waals surface area contributed by atoms with Gasteiger partial charge in [0.2, 0.25) is 0 Å². The summed E-state index contributed by atoms with van der Waals surface area (Å²) >= 11 is 0. The van der Waals surface area contributed by atoms with Crippen LogP contribution in [-0.4, -0.2) is 36.6 Å². The van der Waals surface area contributed by atoms with E-state index < -0.39 is 0 Å². The molecule has 0 saturated carbocycles. The quantitative estimate of drug-likeness (QED) is 0.372. The lowest BCUT2D eigenvalue weighted by Gasteiger charge is -2.16. The largest absolute Gasteiger partial charge is 0.491 e. The first-order valence-electron chi connectivity index (χ1n) is 10.7. The molecule has 3 rings (SSSR count). The molecular weight excluding hydrogens is 408 g/mol. The highest BCUT2D eigenvalue weighted by Crippen LogP contribution is 2.29. The molecule has 3 aromatic carbocycles. The van der Waals surface area contributed by atoms with Gasteiger partial charge in [-0.05, 0) is 23.3 Å². The van der Waals surface area contributed by atoms with Crippen LogP contribution in [0.1, 0.15) is 22.3 Å². The molecule has 170 valence electrons. The molecule has 32 heavy (non-hydrogen) atoms. The van der Waals surface area contributed by atoms with Gasteiger partial charge in [-0.2, -0.15) is 0 Å². The Bertz CT molecular complexity index is 837. The minimum absolute atomic E-state index is 0.202. The van der Waals surface area contributed by atoms with E-state index in [1.54, 1.807) is 12.1 Å². The van der Waals surface area contributed by atoms with Gasteiger partial charge in [-0.1, -0.05) is 60.7 Å². The molecule has 0 spiro atoms. The molecule has 0 fully saturated rings. The van der Waals surface area contributed by atoms with Crippen LogP contribution in [0.4, 0.5) is 0 Å². The van der Waals surface area contributed by atoms with Gasteiger partial charge in [0.25, 0.3) is 0 Å². The van der Waals surface area contributed by atoms with Gasteiger partial charge in [-0.25, -0.2) is 0 Å². The fourth-order valence-corrected chi connectivity index (χ4v) is 3.11. The van der Waals surface area contributed by atoms with Crippen molar-refractivity contribution in [1.82, 2.24) is 0 Å². The minimum atomic E-state index is -0.202. The molecular formula is C26H30O6. The molecule has 0 aliphatic rings. The summed E-state index contributed by atoms with van der Waals surface area (Å²) in [6.45, 7) is 2.10. The van der Waals surface area contributed by atoms with Gasteiger partial charge in [0.15, 0.2) is 0 Å². The van der Waals surface area contributed by atoms with Crippen molar-refractivity contribution in [3.8, 4) is 11.5 Å². The van der Waals surface area contributed by atoms with E-state index in [-0.39, 0.29) is 13.2 Å². The zero-order valence-corrected chi connectivity index (χ0v) is 18.1. The highest BCUT2D eigenvalue weighted by Gasteiger charge is 2.12. The van der Waals surface area contributed by atoms with Gasteiger partial charge < -0.3 is 29.2 Å². The number of ether oxygens (including phenoxy) is 4. The third-order valence-electron chi connectivity index (χ3n) is 4.78. The maximum Gasteiger partial charge on any atom is 0.125 e. The molecule has 0 atom stereocenters. The van der Waals surface area contributed by atoms with Crippen molar-refractivity contribution in [2.45, 2.75) is 26.4 Å². The Labute approximate surface area is 189 Å². The number of benzene rings is 3. The van der Waals surface area contributed by atoms with Crippen LogP contribution in [-0.2, 0) is 35.9 Å². The lowest BCUT2D eigenvalue weighted by molar-refractivity contribution is 0.0864. The number of rotatable bonds is 14. The van der Waals surface area contributed by atoms with Gasteiger partial charge in [-0.3, -0.25) is 0 Å². The Hall–Kier alpha value is -2.90. The maximum absolute atomic E-state index is 9.74. The second-order valence-electron chi connectivity index (χ2n) is 7.16. The molecule has 0 aliphatic carbocycles. The smallest absolute Gasteiger partial charge is 0.125 e. The number of aliphatic hydroxyl groups excluding tert-OH is 2. The van der Waals surface area contributed by atoms with Crippen molar-refractivity contribution in [3.05, 3.63) is 95.1 Å². The predicted octanol–water partition coefficient (Wildman–Crippen LogP) is 3.86. The second-order valence-corrected chi connectivity index (χ2v) is 7.16. The highest BCUT2D eigenvalue weighted by molar-refractivity contribution is 5.46. The van der Waals surface area contributed by atoms with Crippen LogP contribution in [0, 0.1) is 0 Å². The average molecular weight is 439 g/mol. The molecule has 0 heterocycles. The Morgan fingerprint density at radius 3 is 1.31 bits per heavy atom. The second kappa shape index (κ2) is 13.5. The molecule has 0 saturated heterocycles. The molecule has 2 N–H and O–H groups in total. The third kappa shape index (κ3) is 7.66. The standard InChI is InChI=1S/C26H30O6/c27-17-23-16-26(32-14-12-30-20-22-9-5-2-6-10-22)24(18-28)15-25(23)31-13-11-29-19-21-7-3-1-4-8-21/h1-10,15-16,27-28H,11-14,17-20H2. The number of hydrogen-bond acceptors (Lipinski definition) is 6. The molecule has 0 bridgehead atoms. The Balaban J connectivity index is 1.45. The Kier molecular flexibility index (Phi) is 10.0.